The van der Waals surface area contributed by atoms with Crippen molar-refractivity contribution < 1.29 is 14.2 Å². The SMILES string of the molecule is CCCCOCCOCCOCCN(CCN)C(C)C. The highest BCUT2D eigenvalue weighted by atomic mass is 16.5. The molecule has 0 aliphatic rings. The van der Waals surface area contributed by atoms with Gasteiger partial charge in [-0.1, -0.05) is 13.3 Å². The molecule has 122 valence electrons. The Bertz CT molecular complexity index is 192. The van der Waals surface area contributed by atoms with E-state index in [1.165, 1.54) is 6.42 Å². The van der Waals surface area contributed by atoms with Gasteiger partial charge in [0.15, 0.2) is 0 Å². The maximum Gasteiger partial charge on any atom is 0.0701 e. The minimum absolute atomic E-state index is 0.513. The molecule has 0 aliphatic heterocycles. The second-order valence-electron chi connectivity index (χ2n) is 5.11. The monoisotopic (exact) mass is 290 g/mol. The topological polar surface area (TPSA) is 57.0 Å². The van der Waals surface area contributed by atoms with Crippen molar-refractivity contribution in [1.29, 1.82) is 0 Å². The summed E-state index contributed by atoms with van der Waals surface area (Å²) < 4.78 is 16.4. The third kappa shape index (κ3) is 12.8. The van der Waals surface area contributed by atoms with Crippen LogP contribution in [0.5, 0.6) is 0 Å². The van der Waals surface area contributed by atoms with Gasteiger partial charge in [-0.3, -0.25) is 4.90 Å². The number of rotatable bonds is 15. The van der Waals surface area contributed by atoms with Gasteiger partial charge in [0.2, 0.25) is 0 Å². The molecular formula is C15H34N2O3. The summed E-state index contributed by atoms with van der Waals surface area (Å²) in [5.74, 6) is 0. The third-order valence-corrected chi connectivity index (χ3v) is 3.06. The van der Waals surface area contributed by atoms with Crippen molar-refractivity contribution >= 4 is 0 Å². The van der Waals surface area contributed by atoms with Gasteiger partial charge in [0.25, 0.3) is 0 Å². The highest BCUT2D eigenvalue weighted by Crippen LogP contribution is 1.96. The molecule has 0 spiro atoms. The van der Waals surface area contributed by atoms with Crippen LogP contribution in [0.15, 0.2) is 0 Å². The standard InChI is InChI=1S/C15H34N2O3/c1-4-5-9-18-11-13-20-14-12-19-10-8-17(7-6-16)15(2)3/h15H,4-14,16H2,1-3H3. The molecule has 0 aromatic heterocycles. The Morgan fingerprint density at radius 1 is 0.850 bits per heavy atom. The van der Waals surface area contributed by atoms with Crippen molar-refractivity contribution in [1.82, 2.24) is 4.90 Å². The Labute approximate surface area is 124 Å². The summed E-state index contributed by atoms with van der Waals surface area (Å²) in [5.41, 5.74) is 5.58. The molecule has 0 fully saturated rings. The first-order valence-corrected chi connectivity index (χ1v) is 7.89. The van der Waals surface area contributed by atoms with Gasteiger partial charge in [0, 0.05) is 32.3 Å². The zero-order valence-corrected chi connectivity index (χ0v) is 13.6. The fraction of sp³-hybridized carbons (Fsp3) is 1.00. The molecule has 0 aromatic carbocycles. The lowest BCUT2D eigenvalue weighted by Gasteiger charge is -2.25. The Morgan fingerprint density at radius 2 is 1.40 bits per heavy atom. The predicted molar refractivity (Wildman–Crippen MR) is 83.1 cm³/mol. The van der Waals surface area contributed by atoms with Gasteiger partial charge in [-0.2, -0.15) is 0 Å². The van der Waals surface area contributed by atoms with Gasteiger partial charge in [-0.25, -0.2) is 0 Å². The van der Waals surface area contributed by atoms with Gasteiger partial charge in [-0.05, 0) is 20.3 Å². The van der Waals surface area contributed by atoms with E-state index >= 15 is 0 Å². The van der Waals surface area contributed by atoms with Crippen molar-refractivity contribution in [2.24, 2.45) is 5.73 Å². The molecule has 0 aliphatic carbocycles. The van der Waals surface area contributed by atoms with Gasteiger partial charge in [0.1, 0.15) is 0 Å². The van der Waals surface area contributed by atoms with Gasteiger partial charge in [-0.15, -0.1) is 0 Å². The molecule has 2 N–H and O–H groups in total. The fourth-order valence-electron chi connectivity index (χ4n) is 1.76. The number of nitrogens with two attached hydrogens (primary N) is 1. The maximum atomic E-state index is 5.58. The largest absolute Gasteiger partial charge is 0.379 e. The highest BCUT2D eigenvalue weighted by molar-refractivity contribution is 4.62. The molecule has 5 heteroatoms. The second-order valence-corrected chi connectivity index (χ2v) is 5.11. The normalized spacial score (nSPS) is 11.7. The van der Waals surface area contributed by atoms with E-state index in [-0.39, 0.29) is 0 Å². The average Bonchev–Trinajstić information content (AvgIpc) is 2.43. The van der Waals surface area contributed by atoms with Crippen LogP contribution in [0.3, 0.4) is 0 Å². The Kier molecular flexibility index (Phi) is 15.0. The summed E-state index contributed by atoms with van der Waals surface area (Å²) in [6.07, 6.45) is 2.30. The molecule has 0 heterocycles. The van der Waals surface area contributed by atoms with Gasteiger partial charge >= 0.3 is 0 Å². The number of hydrogen-bond acceptors (Lipinski definition) is 5. The second kappa shape index (κ2) is 15.2. The molecule has 0 atom stereocenters. The van der Waals surface area contributed by atoms with Crippen molar-refractivity contribution in [3.05, 3.63) is 0 Å². The lowest BCUT2D eigenvalue weighted by atomic mass is 10.3. The fourth-order valence-corrected chi connectivity index (χ4v) is 1.76. The quantitative estimate of drug-likeness (QED) is 0.463. The molecule has 0 bridgehead atoms. The van der Waals surface area contributed by atoms with Crippen LogP contribution in [0.25, 0.3) is 0 Å². The molecule has 0 saturated carbocycles. The van der Waals surface area contributed by atoms with E-state index in [0.717, 1.165) is 32.7 Å². The van der Waals surface area contributed by atoms with Crippen molar-refractivity contribution in [3.8, 4) is 0 Å². The average molecular weight is 290 g/mol. The van der Waals surface area contributed by atoms with Crippen LogP contribution < -0.4 is 5.73 Å². The molecule has 0 aromatic rings. The van der Waals surface area contributed by atoms with Crippen LogP contribution in [0.2, 0.25) is 0 Å². The van der Waals surface area contributed by atoms with E-state index in [1.54, 1.807) is 0 Å². The van der Waals surface area contributed by atoms with Crippen LogP contribution >= 0.6 is 0 Å². The van der Waals surface area contributed by atoms with E-state index in [1.807, 2.05) is 0 Å². The Hall–Kier alpha value is -0.200. The van der Waals surface area contributed by atoms with Crippen molar-refractivity contribution in [3.63, 3.8) is 0 Å². The summed E-state index contributed by atoms with van der Waals surface area (Å²) in [6.45, 7) is 13.2. The molecule has 0 rings (SSSR count). The van der Waals surface area contributed by atoms with Crippen molar-refractivity contribution in [2.75, 3.05) is 59.3 Å². The molecule has 5 nitrogen and oxygen atoms in total. The molecule has 0 amide bonds. The molecule has 0 radical (unpaired) electrons. The maximum absolute atomic E-state index is 5.58. The smallest absolute Gasteiger partial charge is 0.0701 e. The first-order valence-electron chi connectivity index (χ1n) is 7.89. The van der Waals surface area contributed by atoms with Crippen LogP contribution in [0.4, 0.5) is 0 Å². The Morgan fingerprint density at radius 3 is 1.90 bits per heavy atom. The lowest BCUT2D eigenvalue weighted by Crippen LogP contribution is -2.37. The lowest BCUT2D eigenvalue weighted by molar-refractivity contribution is 0.00890. The summed E-state index contributed by atoms with van der Waals surface area (Å²) in [5, 5.41) is 0. The molecule has 0 saturated heterocycles. The van der Waals surface area contributed by atoms with Crippen LogP contribution in [0, 0.1) is 0 Å². The van der Waals surface area contributed by atoms with Gasteiger partial charge in [0.05, 0.1) is 33.0 Å². The predicted octanol–water partition coefficient (Wildman–Crippen LogP) is 1.51. The van der Waals surface area contributed by atoms with Crippen LogP contribution in [-0.2, 0) is 14.2 Å². The Balaban J connectivity index is 3.23. The van der Waals surface area contributed by atoms with E-state index in [2.05, 4.69) is 25.7 Å². The van der Waals surface area contributed by atoms with Crippen LogP contribution in [0.1, 0.15) is 33.6 Å². The zero-order valence-electron chi connectivity index (χ0n) is 13.6. The first kappa shape index (κ1) is 19.8. The van der Waals surface area contributed by atoms with Crippen molar-refractivity contribution in [2.45, 2.75) is 39.7 Å². The van der Waals surface area contributed by atoms with Crippen LogP contribution in [-0.4, -0.2) is 70.2 Å². The number of nitrogens with zero attached hydrogens (tertiary/aromatic N) is 1. The minimum Gasteiger partial charge on any atom is -0.379 e. The summed E-state index contributed by atoms with van der Waals surface area (Å²) in [7, 11) is 0. The van der Waals surface area contributed by atoms with E-state index in [4.69, 9.17) is 19.9 Å². The molecule has 0 unspecified atom stereocenters. The number of ether oxygens (including phenoxy) is 3. The molecular weight excluding hydrogens is 256 g/mol. The summed E-state index contributed by atoms with van der Waals surface area (Å²) in [4.78, 5) is 2.32. The summed E-state index contributed by atoms with van der Waals surface area (Å²) >= 11 is 0. The highest BCUT2D eigenvalue weighted by Gasteiger charge is 2.07. The first-order chi connectivity index (χ1) is 9.72. The molecule has 20 heavy (non-hydrogen) atoms. The summed E-state index contributed by atoms with van der Waals surface area (Å²) in [6, 6.07) is 0.513. The van der Waals surface area contributed by atoms with E-state index in [0.29, 0.717) is 39.0 Å². The number of hydrogen-bond donors (Lipinski definition) is 1. The number of unbranched alkanes of at least 4 members (excludes halogenated alkanes) is 1. The van der Waals surface area contributed by atoms with Gasteiger partial charge < -0.3 is 19.9 Å². The van der Waals surface area contributed by atoms with E-state index in [9.17, 15) is 0 Å². The van der Waals surface area contributed by atoms with E-state index < -0.39 is 0 Å². The zero-order chi connectivity index (χ0) is 15.1. The minimum atomic E-state index is 0.513. The third-order valence-electron chi connectivity index (χ3n) is 3.06.